The maximum absolute atomic E-state index is 15.1. The third kappa shape index (κ3) is 3.65. The number of aryl methyl sites for hydroxylation is 3. The Hall–Kier alpha value is -3.61. The summed E-state index contributed by atoms with van der Waals surface area (Å²) >= 11 is 0. The van der Waals surface area contributed by atoms with Crippen molar-refractivity contribution in [3.8, 4) is 22.5 Å². The van der Waals surface area contributed by atoms with Crippen molar-refractivity contribution in [1.29, 1.82) is 0 Å². The topological polar surface area (TPSA) is 68.5 Å². The van der Waals surface area contributed by atoms with Crippen LogP contribution in [0.25, 0.3) is 22.5 Å². The molecule has 2 aliphatic rings. The van der Waals surface area contributed by atoms with Crippen LogP contribution in [-0.4, -0.2) is 25.2 Å². The lowest BCUT2D eigenvalue weighted by Crippen LogP contribution is -2.09. The third-order valence-electron chi connectivity index (χ3n) is 7.03. The Morgan fingerprint density at radius 2 is 1.82 bits per heavy atom. The highest BCUT2D eigenvalue weighted by Crippen LogP contribution is 2.43. The van der Waals surface area contributed by atoms with Gasteiger partial charge in [0, 0.05) is 22.7 Å². The van der Waals surface area contributed by atoms with Crippen molar-refractivity contribution >= 4 is 5.69 Å². The Morgan fingerprint density at radius 3 is 2.47 bits per heavy atom. The molecule has 34 heavy (non-hydrogen) atoms. The van der Waals surface area contributed by atoms with Crippen LogP contribution in [0, 0.1) is 19.7 Å². The third-order valence-corrected chi connectivity index (χ3v) is 7.03. The molecule has 0 spiro atoms. The highest BCUT2D eigenvalue weighted by atomic mass is 19.1. The summed E-state index contributed by atoms with van der Waals surface area (Å²) in [5, 5.41) is 16.0. The minimum absolute atomic E-state index is 0.0628. The second-order valence-electron chi connectivity index (χ2n) is 9.56. The van der Waals surface area contributed by atoms with Gasteiger partial charge in [-0.05, 0) is 103 Å². The lowest BCUT2D eigenvalue weighted by Gasteiger charge is -2.19. The monoisotopic (exact) mass is 454 g/mol. The number of tetrazole rings is 1. The van der Waals surface area contributed by atoms with Crippen LogP contribution in [0.3, 0.4) is 0 Å². The maximum Gasteiger partial charge on any atom is 0.204 e. The summed E-state index contributed by atoms with van der Waals surface area (Å²) in [4.78, 5) is 6.07. The Balaban J connectivity index is 1.34. The standard InChI is InChI=1S/C27H27FN6/c1-15-12-18(27-31-33-34(3)32-27)13-16(2)25(15)20-7-9-22(28)26-21(20)8-11-24(26)30-19-6-10-23(29-14-19)17-4-5-17/h6-7,9-10,12-14,17,24,30H,4-5,8,11H2,1-3H3. The van der Waals surface area contributed by atoms with Crippen molar-refractivity contribution in [3.63, 3.8) is 0 Å². The summed E-state index contributed by atoms with van der Waals surface area (Å²) in [6, 6.07) is 11.8. The number of fused-ring (bicyclic) bond motifs is 1. The molecule has 2 aromatic carbocycles. The van der Waals surface area contributed by atoms with Gasteiger partial charge in [0.05, 0.1) is 25.0 Å². The zero-order valence-corrected chi connectivity index (χ0v) is 19.6. The lowest BCUT2D eigenvalue weighted by atomic mass is 9.89. The van der Waals surface area contributed by atoms with Gasteiger partial charge in [0.15, 0.2) is 0 Å². The molecule has 172 valence electrons. The molecule has 2 aliphatic carbocycles. The fourth-order valence-corrected chi connectivity index (χ4v) is 5.32. The molecule has 2 heterocycles. The van der Waals surface area contributed by atoms with Gasteiger partial charge >= 0.3 is 0 Å². The molecule has 0 bridgehead atoms. The predicted octanol–water partition coefficient (Wildman–Crippen LogP) is 5.67. The maximum atomic E-state index is 15.1. The Labute approximate surface area is 198 Å². The van der Waals surface area contributed by atoms with E-state index >= 15 is 4.39 Å². The number of halogens is 1. The molecule has 2 aromatic heterocycles. The van der Waals surface area contributed by atoms with Crippen molar-refractivity contribution in [1.82, 2.24) is 25.2 Å². The van der Waals surface area contributed by atoms with E-state index in [9.17, 15) is 0 Å². The lowest BCUT2D eigenvalue weighted by molar-refractivity contribution is 0.598. The van der Waals surface area contributed by atoms with E-state index in [1.165, 1.54) is 17.6 Å². The van der Waals surface area contributed by atoms with Gasteiger partial charge in [0.1, 0.15) is 5.82 Å². The van der Waals surface area contributed by atoms with Crippen LogP contribution in [0.2, 0.25) is 0 Å². The van der Waals surface area contributed by atoms with E-state index in [0.29, 0.717) is 11.7 Å². The largest absolute Gasteiger partial charge is 0.377 e. The molecule has 1 atom stereocenters. The van der Waals surface area contributed by atoms with Crippen molar-refractivity contribution < 1.29 is 4.39 Å². The van der Waals surface area contributed by atoms with Crippen LogP contribution >= 0.6 is 0 Å². The Morgan fingerprint density at radius 1 is 1.03 bits per heavy atom. The predicted molar refractivity (Wildman–Crippen MR) is 130 cm³/mol. The summed E-state index contributed by atoms with van der Waals surface area (Å²) in [5.41, 5.74) is 9.42. The van der Waals surface area contributed by atoms with Gasteiger partial charge in [-0.1, -0.05) is 6.07 Å². The van der Waals surface area contributed by atoms with Gasteiger partial charge in [-0.25, -0.2) is 4.39 Å². The number of nitrogens with one attached hydrogen (secondary N) is 1. The summed E-state index contributed by atoms with van der Waals surface area (Å²) in [7, 11) is 1.76. The van der Waals surface area contributed by atoms with Gasteiger partial charge in [-0.2, -0.15) is 4.80 Å². The second-order valence-corrected chi connectivity index (χ2v) is 9.56. The number of anilines is 1. The van der Waals surface area contributed by atoms with Gasteiger partial charge in [0.25, 0.3) is 0 Å². The van der Waals surface area contributed by atoms with Crippen LogP contribution in [-0.2, 0) is 13.5 Å². The highest BCUT2D eigenvalue weighted by molar-refractivity contribution is 5.78. The highest BCUT2D eigenvalue weighted by Gasteiger charge is 2.30. The van der Waals surface area contributed by atoms with Gasteiger partial charge in [-0.3, -0.25) is 4.98 Å². The molecule has 1 saturated carbocycles. The molecule has 1 fully saturated rings. The van der Waals surface area contributed by atoms with Crippen molar-refractivity contribution in [2.45, 2.75) is 51.5 Å². The molecule has 0 amide bonds. The van der Waals surface area contributed by atoms with Crippen LogP contribution in [0.5, 0.6) is 0 Å². The van der Waals surface area contributed by atoms with Crippen molar-refractivity contribution in [3.05, 3.63) is 76.4 Å². The normalized spacial score (nSPS) is 17.1. The van der Waals surface area contributed by atoms with E-state index in [1.54, 1.807) is 13.1 Å². The second kappa shape index (κ2) is 8.01. The Kier molecular flexibility index (Phi) is 4.94. The minimum Gasteiger partial charge on any atom is -0.377 e. The average Bonchev–Trinajstić information content (AvgIpc) is 3.44. The fourth-order valence-electron chi connectivity index (χ4n) is 5.32. The number of benzene rings is 2. The van der Waals surface area contributed by atoms with Crippen LogP contribution in [0.15, 0.2) is 42.6 Å². The van der Waals surface area contributed by atoms with Gasteiger partial charge in [0.2, 0.25) is 5.82 Å². The van der Waals surface area contributed by atoms with E-state index in [4.69, 9.17) is 0 Å². The molecule has 0 radical (unpaired) electrons. The zero-order chi connectivity index (χ0) is 23.4. The quantitative estimate of drug-likeness (QED) is 0.421. The van der Waals surface area contributed by atoms with E-state index in [2.05, 4.69) is 63.8 Å². The van der Waals surface area contributed by atoms with Crippen LogP contribution < -0.4 is 5.32 Å². The van der Waals surface area contributed by atoms with Crippen LogP contribution in [0.4, 0.5) is 10.1 Å². The molecule has 4 aromatic rings. The van der Waals surface area contributed by atoms with E-state index in [0.717, 1.165) is 63.2 Å². The van der Waals surface area contributed by atoms with Crippen molar-refractivity contribution in [2.75, 3.05) is 5.32 Å². The summed E-state index contributed by atoms with van der Waals surface area (Å²) in [5.74, 6) is 1.09. The first kappa shape index (κ1) is 21.0. The number of aromatic nitrogens is 5. The molecule has 1 unspecified atom stereocenters. The molecule has 6 nitrogen and oxygen atoms in total. The van der Waals surface area contributed by atoms with E-state index in [1.807, 2.05) is 12.3 Å². The summed E-state index contributed by atoms with van der Waals surface area (Å²) < 4.78 is 15.1. The number of hydrogen-bond donors (Lipinski definition) is 1. The van der Waals surface area contributed by atoms with E-state index < -0.39 is 0 Å². The molecule has 0 saturated heterocycles. The average molecular weight is 455 g/mol. The minimum atomic E-state index is -0.146. The summed E-state index contributed by atoms with van der Waals surface area (Å²) in [6.07, 6.45) is 6.05. The van der Waals surface area contributed by atoms with Gasteiger partial charge in [-0.15, -0.1) is 10.2 Å². The number of hydrogen-bond acceptors (Lipinski definition) is 5. The van der Waals surface area contributed by atoms with E-state index in [-0.39, 0.29) is 11.9 Å². The molecule has 1 N–H and O–H groups in total. The molecular formula is C27H27FN6. The first-order valence-electron chi connectivity index (χ1n) is 11.9. The SMILES string of the molecule is Cc1cc(-c2nnn(C)n2)cc(C)c1-c1ccc(F)c2c1CCC2Nc1ccc(C2CC2)nc1. The number of rotatable bonds is 5. The smallest absolute Gasteiger partial charge is 0.204 e. The molecule has 7 heteroatoms. The zero-order valence-electron chi connectivity index (χ0n) is 19.6. The molecule has 0 aliphatic heterocycles. The first-order chi connectivity index (χ1) is 16.5. The number of nitrogens with zero attached hydrogens (tertiary/aromatic N) is 5. The molecular weight excluding hydrogens is 427 g/mol. The Bertz CT molecular complexity index is 1360. The summed E-state index contributed by atoms with van der Waals surface area (Å²) in [6.45, 7) is 4.19. The number of pyridine rings is 1. The fraction of sp³-hybridized carbons (Fsp3) is 0.333. The molecule has 6 rings (SSSR count). The van der Waals surface area contributed by atoms with Gasteiger partial charge < -0.3 is 5.32 Å². The van der Waals surface area contributed by atoms with Crippen LogP contribution in [0.1, 0.15) is 59.2 Å². The van der Waals surface area contributed by atoms with Crippen molar-refractivity contribution in [2.24, 2.45) is 7.05 Å². The first-order valence-corrected chi connectivity index (χ1v) is 11.9.